The first kappa shape index (κ1) is 11.5. The van der Waals surface area contributed by atoms with Gasteiger partial charge in [-0.05, 0) is 25.0 Å². The Balaban J connectivity index is 2.60. The topological polar surface area (TPSA) is 84.7 Å². The molecule has 0 saturated heterocycles. The molecule has 2 heterocycles. The van der Waals surface area contributed by atoms with Gasteiger partial charge < -0.3 is 10.7 Å². The van der Waals surface area contributed by atoms with E-state index in [1.165, 1.54) is 6.07 Å². The maximum Gasteiger partial charge on any atom is 0.251 e. The Morgan fingerprint density at radius 1 is 1.35 bits per heavy atom. The maximum atomic E-state index is 11.4. The molecule has 0 bridgehead atoms. The van der Waals surface area contributed by atoms with Crippen LogP contribution in [0.15, 0.2) is 23.1 Å². The molecule has 2 aromatic rings. The van der Waals surface area contributed by atoms with Crippen molar-refractivity contribution >= 4 is 0 Å². The van der Waals surface area contributed by atoms with Crippen LogP contribution in [0.1, 0.15) is 16.8 Å². The molecule has 2 aromatic heterocycles. The fraction of sp³-hybridized carbons (Fsp3) is 0.250. The molecule has 0 aliphatic rings. The summed E-state index contributed by atoms with van der Waals surface area (Å²) >= 11 is 0. The van der Waals surface area contributed by atoms with Crippen LogP contribution in [0.4, 0.5) is 0 Å². The number of H-pyrrole nitrogens is 1. The molecule has 0 radical (unpaired) electrons. The van der Waals surface area contributed by atoms with Crippen molar-refractivity contribution in [3.05, 3.63) is 45.5 Å². The molecular formula is C12H14N4O. The molecule has 0 atom stereocenters. The average Bonchev–Trinajstić information content (AvgIpc) is 2.28. The van der Waals surface area contributed by atoms with Gasteiger partial charge in [0.25, 0.3) is 5.56 Å². The molecule has 0 spiro atoms. The highest BCUT2D eigenvalue weighted by atomic mass is 16.1. The number of aryl methyl sites for hydroxylation is 2. The zero-order valence-electron chi connectivity index (χ0n) is 9.82. The summed E-state index contributed by atoms with van der Waals surface area (Å²) in [7, 11) is 0. The minimum atomic E-state index is -0.211. The smallest absolute Gasteiger partial charge is 0.251 e. The summed E-state index contributed by atoms with van der Waals surface area (Å²) in [5, 5.41) is 0. The van der Waals surface area contributed by atoms with Gasteiger partial charge in [0.2, 0.25) is 0 Å². The van der Waals surface area contributed by atoms with Crippen LogP contribution in [0.5, 0.6) is 0 Å². The number of hydrogen-bond donors (Lipinski definition) is 2. The number of rotatable bonds is 2. The number of hydrogen-bond acceptors (Lipinski definition) is 4. The van der Waals surface area contributed by atoms with E-state index in [1.807, 2.05) is 19.9 Å². The van der Waals surface area contributed by atoms with Crippen LogP contribution < -0.4 is 11.3 Å². The number of aromatic nitrogens is 3. The van der Waals surface area contributed by atoms with Crippen molar-refractivity contribution in [3.63, 3.8) is 0 Å². The fourth-order valence-electron chi connectivity index (χ4n) is 1.69. The van der Waals surface area contributed by atoms with Crippen LogP contribution in [-0.2, 0) is 6.54 Å². The second kappa shape index (κ2) is 4.47. The minimum absolute atomic E-state index is 0.211. The van der Waals surface area contributed by atoms with Crippen LogP contribution in [0.2, 0.25) is 0 Å². The number of nitrogens with one attached hydrogen (secondary N) is 1. The lowest BCUT2D eigenvalue weighted by molar-refractivity contribution is 0.948. The van der Waals surface area contributed by atoms with Gasteiger partial charge in [0.1, 0.15) is 5.69 Å². The molecule has 0 aromatic carbocycles. The summed E-state index contributed by atoms with van der Waals surface area (Å²) in [5.74, 6) is 0.468. The van der Waals surface area contributed by atoms with E-state index in [2.05, 4.69) is 15.0 Å². The average molecular weight is 230 g/mol. The summed E-state index contributed by atoms with van der Waals surface area (Å²) < 4.78 is 0. The van der Waals surface area contributed by atoms with Crippen molar-refractivity contribution in [2.24, 2.45) is 5.73 Å². The van der Waals surface area contributed by atoms with Crippen LogP contribution in [0.3, 0.4) is 0 Å². The summed E-state index contributed by atoms with van der Waals surface area (Å²) in [6.45, 7) is 4.14. The third-order valence-electron chi connectivity index (χ3n) is 2.44. The molecule has 5 heteroatoms. The Bertz CT molecular complexity index is 604. The van der Waals surface area contributed by atoms with Crippen LogP contribution in [0.25, 0.3) is 11.5 Å². The standard InChI is InChI=1S/C12H14N4O/c1-7-3-8(2)11(14-6-7)12-15-9(5-13)4-10(17)16-12/h3-4,6H,5,13H2,1-2H3,(H,15,16,17). The molecule has 2 rings (SSSR count). The quantitative estimate of drug-likeness (QED) is 0.803. The predicted octanol–water partition coefficient (Wildman–Crippen LogP) is 0.907. The highest BCUT2D eigenvalue weighted by Gasteiger charge is 2.07. The summed E-state index contributed by atoms with van der Waals surface area (Å²) in [5.41, 5.74) is 8.57. The highest BCUT2D eigenvalue weighted by Crippen LogP contribution is 2.16. The van der Waals surface area contributed by atoms with Crippen molar-refractivity contribution in [2.75, 3.05) is 0 Å². The molecule has 0 amide bonds. The molecule has 0 saturated carbocycles. The van der Waals surface area contributed by atoms with Gasteiger partial charge in [0, 0.05) is 18.8 Å². The molecule has 0 aliphatic carbocycles. The van der Waals surface area contributed by atoms with Gasteiger partial charge in [-0.25, -0.2) is 4.98 Å². The first-order valence-corrected chi connectivity index (χ1v) is 5.34. The van der Waals surface area contributed by atoms with Crippen LogP contribution >= 0.6 is 0 Å². The van der Waals surface area contributed by atoms with E-state index in [4.69, 9.17) is 5.73 Å². The third-order valence-corrected chi connectivity index (χ3v) is 2.44. The Morgan fingerprint density at radius 2 is 2.12 bits per heavy atom. The molecular weight excluding hydrogens is 216 g/mol. The molecule has 17 heavy (non-hydrogen) atoms. The van der Waals surface area contributed by atoms with Gasteiger partial charge in [-0.15, -0.1) is 0 Å². The largest absolute Gasteiger partial charge is 0.325 e. The van der Waals surface area contributed by atoms with Crippen molar-refractivity contribution in [1.82, 2.24) is 15.0 Å². The molecule has 5 nitrogen and oxygen atoms in total. The Labute approximate surface area is 98.7 Å². The van der Waals surface area contributed by atoms with Gasteiger partial charge in [-0.1, -0.05) is 6.07 Å². The minimum Gasteiger partial charge on any atom is -0.325 e. The van der Waals surface area contributed by atoms with E-state index in [9.17, 15) is 4.79 Å². The Morgan fingerprint density at radius 3 is 2.76 bits per heavy atom. The summed E-state index contributed by atoms with van der Waals surface area (Å²) in [6.07, 6.45) is 1.75. The van der Waals surface area contributed by atoms with Crippen LogP contribution in [-0.4, -0.2) is 15.0 Å². The lowest BCUT2D eigenvalue weighted by Gasteiger charge is -2.06. The van der Waals surface area contributed by atoms with E-state index < -0.39 is 0 Å². The van der Waals surface area contributed by atoms with Crippen molar-refractivity contribution < 1.29 is 0 Å². The predicted molar refractivity (Wildman–Crippen MR) is 65.5 cm³/mol. The number of nitrogens with two attached hydrogens (primary N) is 1. The first-order valence-electron chi connectivity index (χ1n) is 5.34. The monoisotopic (exact) mass is 230 g/mol. The zero-order valence-corrected chi connectivity index (χ0v) is 9.82. The summed E-state index contributed by atoms with van der Waals surface area (Å²) in [6, 6.07) is 3.39. The fourth-order valence-corrected chi connectivity index (χ4v) is 1.69. The Kier molecular flexibility index (Phi) is 3.01. The van der Waals surface area contributed by atoms with Crippen molar-refractivity contribution in [2.45, 2.75) is 20.4 Å². The second-order valence-corrected chi connectivity index (χ2v) is 3.97. The normalized spacial score (nSPS) is 10.5. The number of pyridine rings is 1. The van der Waals surface area contributed by atoms with Gasteiger partial charge in [0.15, 0.2) is 5.82 Å². The maximum absolute atomic E-state index is 11.4. The van der Waals surface area contributed by atoms with Gasteiger partial charge in [-0.2, -0.15) is 0 Å². The van der Waals surface area contributed by atoms with Crippen molar-refractivity contribution in [3.8, 4) is 11.5 Å². The molecule has 0 aliphatic heterocycles. The SMILES string of the molecule is Cc1cnc(-c2nc(CN)cc(=O)[nH]2)c(C)c1. The van der Waals surface area contributed by atoms with Gasteiger partial charge in [-0.3, -0.25) is 9.78 Å². The lowest BCUT2D eigenvalue weighted by Crippen LogP contribution is -2.13. The van der Waals surface area contributed by atoms with E-state index >= 15 is 0 Å². The van der Waals surface area contributed by atoms with Gasteiger partial charge >= 0.3 is 0 Å². The molecule has 88 valence electrons. The van der Waals surface area contributed by atoms with Gasteiger partial charge in [0.05, 0.1) is 5.69 Å². The number of nitrogens with zero attached hydrogens (tertiary/aromatic N) is 2. The van der Waals surface area contributed by atoms with Crippen molar-refractivity contribution in [1.29, 1.82) is 0 Å². The van der Waals surface area contributed by atoms with E-state index in [1.54, 1.807) is 6.20 Å². The molecule has 0 unspecified atom stereocenters. The molecule has 3 N–H and O–H groups in total. The third kappa shape index (κ3) is 2.39. The number of aromatic amines is 1. The lowest BCUT2D eigenvalue weighted by atomic mass is 10.1. The van der Waals surface area contributed by atoms with E-state index in [0.717, 1.165) is 11.1 Å². The zero-order chi connectivity index (χ0) is 12.4. The second-order valence-electron chi connectivity index (χ2n) is 3.97. The highest BCUT2D eigenvalue weighted by molar-refractivity contribution is 5.54. The van der Waals surface area contributed by atoms with E-state index in [-0.39, 0.29) is 12.1 Å². The van der Waals surface area contributed by atoms with Crippen LogP contribution in [0, 0.1) is 13.8 Å². The Hall–Kier alpha value is -2.01. The van der Waals surface area contributed by atoms with E-state index in [0.29, 0.717) is 17.2 Å². The molecule has 0 fully saturated rings. The summed E-state index contributed by atoms with van der Waals surface area (Å²) in [4.78, 5) is 22.7. The first-order chi connectivity index (χ1) is 8.10.